The number of halogens is 1. The molecule has 0 fully saturated rings. The number of hydrogen-bond donors (Lipinski definition) is 1. The predicted molar refractivity (Wildman–Crippen MR) is 65.5 cm³/mol. The summed E-state index contributed by atoms with van der Waals surface area (Å²) in [5.74, 6) is 0.00276. The summed E-state index contributed by atoms with van der Waals surface area (Å²) in [4.78, 5) is 22.0. The van der Waals surface area contributed by atoms with Gasteiger partial charge in [0.1, 0.15) is 5.75 Å². The summed E-state index contributed by atoms with van der Waals surface area (Å²) >= 11 is 5.80. The molecule has 17 heavy (non-hydrogen) atoms. The monoisotopic (exact) mass is 253 g/mol. The highest BCUT2D eigenvalue weighted by molar-refractivity contribution is 6.33. The molecule has 0 saturated heterocycles. The summed E-state index contributed by atoms with van der Waals surface area (Å²) in [5.41, 5.74) is 0.241. The van der Waals surface area contributed by atoms with Gasteiger partial charge in [-0.15, -0.1) is 6.58 Å². The number of carbonyl (C=O) groups excluding carboxylic acids is 2. The predicted octanol–water partition coefficient (Wildman–Crippen LogP) is 1.83. The van der Waals surface area contributed by atoms with Gasteiger partial charge in [-0.3, -0.25) is 9.59 Å². The molecule has 1 N–H and O–H groups in total. The van der Waals surface area contributed by atoms with Crippen LogP contribution in [0.3, 0.4) is 0 Å². The second kappa shape index (κ2) is 6.70. The Morgan fingerprint density at radius 1 is 1.53 bits per heavy atom. The number of amides is 1. The van der Waals surface area contributed by atoms with E-state index in [2.05, 4.69) is 11.9 Å². The van der Waals surface area contributed by atoms with Crippen LogP contribution in [-0.4, -0.2) is 25.3 Å². The van der Waals surface area contributed by atoms with Gasteiger partial charge in [0.05, 0.1) is 10.6 Å². The zero-order valence-electron chi connectivity index (χ0n) is 9.11. The maximum Gasteiger partial charge on any atom is 0.258 e. The Kier molecular flexibility index (Phi) is 5.23. The van der Waals surface area contributed by atoms with Gasteiger partial charge in [0, 0.05) is 6.54 Å². The van der Waals surface area contributed by atoms with Gasteiger partial charge < -0.3 is 10.1 Å². The first-order valence-corrected chi connectivity index (χ1v) is 5.31. The van der Waals surface area contributed by atoms with E-state index in [1.165, 1.54) is 0 Å². The Labute approximate surface area is 104 Å². The highest BCUT2D eigenvalue weighted by atomic mass is 35.5. The molecule has 4 nitrogen and oxygen atoms in total. The molecule has 0 radical (unpaired) electrons. The largest absolute Gasteiger partial charge is 0.483 e. The SMILES string of the molecule is C=CCNC(=O)COc1cccc(Cl)c1C=O. The van der Waals surface area contributed by atoms with E-state index in [1.807, 2.05) is 0 Å². The molecule has 90 valence electrons. The molecule has 1 amide bonds. The van der Waals surface area contributed by atoms with E-state index in [0.717, 1.165) is 0 Å². The third kappa shape index (κ3) is 3.92. The van der Waals surface area contributed by atoms with Crippen molar-refractivity contribution in [3.8, 4) is 5.75 Å². The van der Waals surface area contributed by atoms with E-state index in [1.54, 1.807) is 24.3 Å². The molecule has 0 unspecified atom stereocenters. The number of benzene rings is 1. The molecular weight excluding hydrogens is 242 g/mol. The lowest BCUT2D eigenvalue weighted by molar-refractivity contribution is -0.122. The normalized spacial score (nSPS) is 9.47. The molecule has 0 aliphatic carbocycles. The zero-order chi connectivity index (χ0) is 12.7. The van der Waals surface area contributed by atoms with Crippen molar-refractivity contribution in [3.63, 3.8) is 0 Å². The number of carbonyl (C=O) groups is 2. The van der Waals surface area contributed by atoms with Crippen molar-refractivity contribution >= 4 is 23.8 Å². The molecule has 0 heterocycles. The summed E-state index contributed by atoms with van der Waals surface area (Å²) in [5, 5.41) is 2.85. The standard InChI is InChI=1S/C12H12ClNO3/c1-2-6-14-12(16)8-17-11-5-3-4-10(13)9(11)7-15/h2-5,7H,1,6,8H2,(H,14,16). The van der Waals surface area contributed by atoms with Crippen LogP contribution >= 0.6 is 11.6 Å². The maximum absolute atomic E-state index is 11.3. The average molecular weight is 254 g/mol. The van der Waals surface area contributed by atoms with E-state index in [4.69, 9.17) is 16.3 Å². The topological polar surface area (TPSA) is 55.4 Å². The number of rotatable bonds is 6. The molecule has 0 saturated carbocycles. The average Bonchev–Trinajstić information content (AvgIpc) is 2.33. The third-order valence-electron chi connectivity index (χ3n) is 1.93. The first-order chi connectivity index (χ1) is 8.19. The van der Waals surface area contributed by atoms with Gasteiger partial charge in [-0.1, -0.05) is 23.7 Å². The first kappa shape index (κ1) is 13.3. The quantitative estimate of drug-likeness (QED) is 0.622. The lowest BCUT2D eigenvalue weighted by Crippen LogP contribution is -2.28. The number of ether oxygens (including phenoxy) is 1. The van der Waals surface area contributed by atoms with Crippen LogP contribution in [0.15, 0.2) is 30.9 Å². The fraction of sp³-hybridized carbons (Fsp3) is 0.167. The fourth-order valence-corrected chi connectivity index (χ4v) is 1.35. The van der Waals surface area contributed by atoms with Gasteiger partial charge in [-0.05, 0) is 12.1 Å². The van der Waals surface area contributed by atoms with Crippen LogP contribution in [0.2, 0.25) is 5.02 Å². The molecule has 0 aliphatic rings. The van der Waals surface area contributed by atoms with E-state index in [9.17, 15) is 9.59 Å². The Balaban J connectivity index is 2.63. The molecule has 0 aliphatic heterocycles. The molecule has 0 atom stereocenters. The minimum absolute atomic E-state index is 0.172. The Hall–Kier alpha value is -1.81. The lowest BCUT2D eigenvalue weighted by atomic mass is 10.2. The van der Waals surface area contributed by atoms with Crippen molar-refractivity contribution in [1.82, 2.24) is 5.32 Å². The molecular formula is C12H12ClNO3. The Bertz CT molecular complexity index is 432. The highest BCUT2D eigenvalue weighted by Gasteiger charge is 2.08. The lowest BCUT2D eigenvalue weighted by Gasteiger charge is -2.08. The molecule has 5 heteroatoms. The van der Waals surface area contributed by atoms with Gasteiger partial charge in [-0.25, -0.2) is 0 Å². The van der Waals surface area contributed by atoms with Crippen LogP contribution in [0, 0.1) is 0 Å². The van der Waals surface area contributed by atoms with Crippen LogP contribution < -0.4 is 10.1 Å². The molecule has 1 rings (SSSR count). The minimum atomic E-state index is -0.290. The minimum Gasteiger partial charge on any atom is -0.483 e. The van der Waals surface area contributed by atoms with E-state index in [-0.39, 0.29) is 18.1 Å². The highest BCUT2D eigenvalue weighted by Crippen LogP contribution is 2.24. The second-order valence-corrected chi connectivity index (χ2v) is 3.56. The van der Waals surface area contributed by atoms with Crippen LogP contribution in [0.4, 0.5) is 0 Å². The third-order valence-corrected chi connectivity index (χ3v) is 2.26. The van der Waals surface area contributed by atoms with Crippen molar-refractivity contribution in [2.45, 2.75) is 0 Å². The van der Waals surface area contributed by atoms with Crippen molar-refractivity contribution in [1.29, 1.82) is 0 Å². The van der Waals surface area contributed by atoms with Gasteiger partial charge in [-0.2, -0.15) is 0 Å². The van der Waals surface area contributed by atoms with Crippen LogP contribution in [-0.2, 0) is 4.79 Å². The van der Waals surface area contributed by atoms with Gasteiger partial charge in [0.15, 0.2) is 12.9 Å². The molecule has 0 spiro atoms. The van der Waals surface area contributed by atoms with E-state index >= 15 is 0 Å². The Morgan fingerprint density at radius 3 is 2.94 bits per heavy atom. The van der Waals surface area contributed by atoms with E-state index in [0.29, 0.717) is 23.6 Å². The molecule has 1 aromatic rings. The zero-order valence-corrected chi connectivity index (χ0v) is 9.87. The van der Waals surface area contributed by atoms with Crippen molar-refractivity contribution in [3.05, 3.63) is 41.4 Å². The second-order valence-electron chi connectivity index (χ2n) is 3.15. The van der Waals surface area contributed by atoms with Gasteiger partial charge >= 0.3 is 0 Å². The number of hydrogen-bond acceptors (Lipinski definition) is 3. The maximum atomic E-state index is 11.3. The molecule has 0 aromatic heterocycles. The van der Waals surface area contributed by atoms with Crippen LogP contribution in [0.5, 0.6) is 5.75 Å². The van der Waals surface area contributed by atoms with Crippen molar-refractivity contribution in [2.24, 2.45) is 0 Å². The summed E-state index contributed by atoms with van der Waals surface area (Å²) < 4.78 is 5.21. The molecule has 0 bridgehead atoms. The Morgan fingerprint density at radius 2 is 2.29 bits per heavy atom. The number of nitrogens with one attached hydrogen (secondary N) is 1. The summed E-state index contributed by atoms with van der Waals surface area (Å²) in [6.07, 6.45) is 2.16. The fourth-order valence-electron chi connectivity index (χ4n) is 1.14. The van der Waals surface area contributed by atoms with Gasteiger partial charge in [0.2, 0.25) is 0 Å². The van der Waals surface area contributed by atoms with Crippen molar-refractivity contribution < 1.29 is 14.3 Å². The molecule has 1 aromatic carbocycles. The van der Waals surface area contributed by atoms with E-state index < -0.39 is 0 Å². The first-order valence-electron chi connectivity index (χ1n) is 4.93. The van der Waals surface area contributed by atoms with Gasteiger partial charge in [0.25, 0.3) is 5.91 Å². The van der Waals surface area contributed by atoms with Crippen LogP contribution in [0.25, 0.3) is 0 Å². The number of aldehydes is 1. The summed E-state index contributed by atoms with van der Waals surface area (Å²) in [7, 11) is 0. The summed E-state index contributed by atoms with van der Waals surface area (Å²) in [6, 6.07) is 4.80. The van der Waals surface area contributed by atoms with Crippen molar-refractivity contribution in [2.75, 3.05) is 13.2 Å². The van der Waals surface area contributed by atoms with Crippen LogP contribution in [0.1, 0.15) is 10.4 Å². The smallest absolute Gasteiger partial charge is 0.258 e. The summed E-state index contributed by atoms with van der Waals surface area (Å²) in [6.45, 7) is 3.67.